The van der Waals surface area contributed by atoms with Gasteiger partial charge in [-0.05, 0) is 54.6 Å². The highest BCUT2D eigenvalue weighted by Gasteiger charge is 2.17. The first-order valence-corrected chi connectivity index (χ1v) is 10.6. The number of halogens is 1. The first kappa shape index (κ1) is 18.5. The van der Waals surface area contributed by atoms with Crippen LogP contribution >= 0.6 is 27.3 Å². The summed E-state index contributed by atoms with van der Waals surface area (Å²) >= 11 is 4.73. The van der Waals surface area contributed by atoms with Crippen LogP contribution in [0.2, 0.25) is 0 Å². The summed E-state index contributed by atoms with van der Waals surface area (Å²) in [5.74, 6) is -0.318. The van der Waals surface area contributed by atoms with Crippen LogP contribution in [-0.4, -0.2) is 19.3 Å². The SMILES string of the molecule is O=C(/C=C/c1cscn1)Nc1ccc(S(=O)(=O)c2ccc(Br)cc2)cc1. The molecule has 3 aromatic rings. The number of carbonyl (C=O) groups is 1. The van der Waals surface area contributed by atoms with Gasteiger partial charge in [0, 0.05) is 21.6 Å². The molecule has 26 heavy (non-hydrogen) atoms. The van der Waals surface area contributed by atoms with Crippen LogP contribution in [0.3, 0.4) is 0 Å². The summed E-state index contributed by atoms with van der Waals surface area (Å²) in [5, 5.41) is 4.50. The number of thiazole rings is 1. The number of benzene rings is 2. The molecule has 132 valence electrons. The lowest BCUT2D eigenvalue weighted by Crippen LogP contribution is -2.08. The Morgan fingerprint density at radius 1 is 1.04 bits per heavy atom. The maximum absolute atomic E-state index is 12.6. The van der Waals surface area contributed by atoms with E-state index in [9.17, 15) is 13.2 Å². The summed E-state index contributed by atoms with van der Waals surface area (Å²) < 4.78 is 26.0. The quantitative estimate of drug-likeness (QED) is 0.587. The van der Waals surface area contributed by atoms with E-state index in [4.69, 9.17) is 0 Å². The number of carbonyl (C=O) groups excluding carboxylic acids is 1. The van der Waals surface area contributed by atoms with Gasteiger partial charge in [-0.1, -0.05) is 15.9 Å². The van der Waals surface area contributed by atoms with Crippen molar-refractivity contribution in [2.75, 3.05) is 5.32 Å². The van der Waals surface area contributed by atoms with Gasteiger partial charge in [0.05, 0.1) is 21.0 Å². The van der Waals surface area contributed by atoms with E-state index in [1.807, 2.05) is 5.38 Å². The standard InChI is InChI=1S/C18H13BrN2O3S2/c19-13-1-6-16(7-2-13)26(23,24)17-8-3-14(4-9-17)21-18(22)10-5-15-11-25-12-20-15/h1-12H,(H,21,22)/b10-5+. The molecule has 0 saturated carbocycles. The fourth-order valence-electron chi connectivity index (χ4n) is 2.12. The zero-order valence-corrected chi connectivity index (χ0v) is 16.5. The second-order valence-corrected chi connectivity index (χ2v) is 8.80. The lowest BCUT2D eigenvalue weighted by atomic mass is 10.3. The minimum Gasteiger partial charge on any atom is -0.323 e. The highest BCUT2D eigenvalue weighted by atomic mass is 79.9. The van der Waals surface area contributed by atoms with Gasteiger partial charge in [0.15, 0.2) is 0 Å². The van der Waals surface area contributed by atoms with Crippen molar-refractivity contribution in [1.29, 1.82) is 0 Å². The predicted molar refractivity (Wildman–Crippen MR) is 106 cm³/mol. The molecule has 0 aliphatic carbocycles. The zero-order chi connectivity index (χ0) is 18.6. The summed E-state index contributed by atoms with van der Waals surface area (Å²) in [6, 6.07) is 12.5. The number of hydrogen-bond acceptors (Lipinski definition) is 5. The number of anilines is 1. The molecule has 3 rings (SSSR count). The largest absolute Gasteiger partial charge is 0.323 e. The fourth-order valence-corrected chi connectivity index (χ4v) is 4.16. The number of sulfone groups is 1. The van der Waals surface area contributed by atoms with E-state index in [2.05, 4.69) is 26.2 Å². The maximum atomic E-state index is 12.6. The molecule has 0 radical (unpaired) electrons. The molecular weight excluding hydrogens is 436 g/mol. The molecule has 0 aliphatic heterocycles. The van der Waals surface area contributed by atoms with Crippen molar-refractivity contribution in [1.82, 2.24) is 4.98 Å². The van der Waals surface area contributed by atoms with Gasteiger partial charge in [-0.2, -0.15) is 0 Å². The van der Waals surface area contributed by atoms with Crippen molar-refractivity contribution in [3.63, 3.8) is 0 Å². The molecule has 1 heterocycles. The third kappa shape index (κ3) is 4.46. The first-order valence-electron chi connectivity index (χ1n) is 7.43. The summed E-state index contributed by atoms with van der Waals surface area (Å²) in [4.78, 5) is 16.3. The van der Waals surface area contributed by atoms with Crippen molar-refractivity contribution >= 4 is 54.8 Å². The highest BCUT2D eigenvalue weighted by molar-refractivity contribution is 9.10. The predicted octanol–water partition coefficient (Wildman–Crippen LogP) is 4.39. The molecule has 1 N–H and O–H groups in total. The molecule has 0 atom stereocenters. The molecule has 1 aromatic heterocycles. The third-order valence-corrected chi connectivity index (χ3v) is 6.33. The minimum absolute atomic E-state index is 0.163. The van der Waals surface area contributed by atoms with Crippen LogP contribution in [0.25, 0.3) is 6.08 Å². The summed E-state index contributed by atoms with van der Waals surface area (Å²) in [7, 11) is -3.60. The Morgan fingerprint density at radius 3 is 2.23 bits per heavy atom. The number of amides is 1. The number of hydrogen-bond donors (Lipinski definition) is 1. The number of aromatic nitrogens is 1. The van der Waals surface area contributed by atoms with Gasteiger partial charge in [-0.3, -0.25) is 4.79 Å². The molecule has 0 saturated heterocycles. The molecule has 0 bridgehead atoms. The molecule has 0 fully saturated rings. The van der Waals surface area contributed by atoms with Gasteiger partial charge < -0.3 is 5.32 Å². The van der Waals surface area contributed by atoms with Crippen molar-refractivity contribution in [3.8, 4) is 0 Å². The van der Waals surface area contributed by atoms with Crippen LogP contribution in [0, 0.1) is 0 Å². The van der Waals surface area contributed by atoms with Crippen molar-refractivity contribution in [2.24, 2.45) is 0 Å². The van der Waals surface area contributed by atoms with Crippen LogP contribution in [0.1, 0.15) is 5.69 Å². The molecule has 0 aliphatic rings. The Kier molecular flexibility index (Phi) is 5.65. The topological polar surface area (TPSA) is 76.1 Å². The Morgan fingerprint density at radius 2 is 1.65 bits per heavy atom. The maximum Gasteiger partial charge on any atom is 0.248 e. The van der Waals surface area contributed by atoms with E-state index in [1.165, 1.54) is 29.5 Å². The Balaban J connectivity index is 1.72. The summed E-state index contributed by atoms with van der Waals surface area (Å²) in [6.07, 6.45) is 2.99. The Labute approximate surface area is 163 Å². The average Bonchev–Trinajstić information content (AvgIpc) is 3.14. The highest BCUT2D eigenvalue weighted by Crippen LogP contribution is 2.23. The summed E-state index contributed by atoms with van der Waals surface area (Å²) in [6.45, 7) is 0. The normalized spacial score (nSPS) is 11.6. The third-order valence-electron chi connectivity index (χ3n) is 3.41. The van der Waals surface area contributed by atoms with Gasteiger partial charge in [0.1, 0.15) is 0 Å². The lowest BCUT2D eigenvalue weighted by molar-refractivity contribution is -0.111. The number of nitrogens with one attached hydrogen (secondary N) is 1. The van der Waals surface area contributed by atoms with E-state index in [1.54, 1.807) is 48.0 Å². The number of rotatable bonds is 5. The molecule has 0 spiro atoms. The van der Waals surface area contributed by atoms with E-state index in [0.717, 1.165) is 4.47 Å². The smallest absolute Gasteiger partial charge is 0.248 e. The van der Waals surface area contributed by atoms with Crippen molar-refractivity contribution in [2.45, 2.75) is 9.79 Å². The summed E-state index contributed by atoms with van der Waals surface area (Å²) in [5.41, 5.74) is 2.90. The minimum atomic E-state index is -3.60. The van der Waals surface area contributed by atoms with Crippen LogP contribution in [0.4, 0.5) is 5.69 Å². The van der Waals surface area contributed by atoms with E-state index < -0.39 is 9.84 Å². The van der Waals surface area contributed by atoms with Crippen LogP contribution in [0.15, 0.2) is 79.8 Å². The van der Waals surface area contributed by atoms with Crippen LogP contribution in [0.5, 0.6) is 0 Å². The van der Waals surface area contributed by atoms with Gasteiger partial charge >= 0.3 is 0 Å². The second-order valence-electron chi connectivity index (χ2n) is 5.22. The van der Waals surface area contributed by atoms with Gasteiger partial charge in [-0.25, -0.2) is 13.4 Å². The van der Waals surface area contributed by atoms with Gasteiger partial charge in [0.2, 0.25) is 15.7 Å². The fraction of sp³-hybridized carbons (Fsp3) is 0. The number of nitrogens with zero attached hydrogens (tertiary/aromatic N) is 1. The van der Waals surface area contributed by atoms with Gasteiger partial charge in [-0.15, -0.1) is 11.3 Å². The van der Waals surface area contributed by atoms with Crippen LogP contribution in [-0.2, 0) is 14.6 Å². The molecule has 8 heteroatoms. The van der Waals surface area contributed by atoms with E-state index in [0.29, 0.717) is 11.4 Å². The Bertz CT molecular complexity index is 1030. The molecule has 0 unspecified atom stereocenters. The monoisotopic (exact) mass is 448 g/mol. The zero-order valence-electron chi connectivity index (χ0n) is 13.3. The van der Waals surface area contributed by atoms with Crippen LogP contribution < -0.4 is 5.32 Å². The average molecular weight is 449 g/mol. The second kappa shape index (κ2) is 7.94. The molecular formula is C18H13BrN2O3S2. The first-order chi connectivity index (χ1) is 12.4. The van der Waals surface area contributed by atoms with Crippen molar-refractivity contribution in [3.05, 3.63) is 75.7 Å². The molecule has 1 amide bonds. The van der Waals surface area contributed by atoms with Crippen molar-refractivity contribution < 1.29 is 13.2 Å². The lowest BCUT2D eigenvalue weighted by Gasteiger charge is -2.07. The molecule has 2 aromatic carbocycles. The van der Waals surface area contributed by atoms with E-state index in [-0.39, 0.29) is 15.7 Å². The Hall–Kier alpha value is -2.29. The van der Waals surface area contributed by atoms with Gasteiger partial charge in [0.25, 0.3) is 0 Å². The van der Waals surface area contributed by atoms with E-state index >= 15 is 0 Å². The molecule has 5 nitrogen and oxygen atoms in total.